The van der Waals surface area contributed by atoms with E-state index >= 15 is 0 Å². The van der Waals surface area contributed by atoms with Crippen LogP contribution < -0.4 is 0 Å². The third-order valence-electron chi connectivity index (χ3n) is 11.4. The third kappa shape index (κ3) is 4.05. The van der Waals surface area contributed by atoms with Crippen molar-refractivity contribution in [3.8, 4) is 0 Å². The monoisotopic (exact) mass is 491 g/mol. The molecule has 0 amide bonds. The van der Waals surface area contributed by atoms with Crippen LogP contribution in [0, 0.1) is 40.4 Å². The molecule has 0 radical (unpaired) electrons. The summed E-state index contributed by atoms with van der Waals surface area (Å²) in [6, 6.07) is 0. The minimum Gasteiger partial charge on any atom is -0.463 e. The van der Waals surface area contributed by atoms with Gasteiger partial charge in [-0.25, -0.2) is 0 Å². The van der Waals surface area contributed by atoms with Crippen LogP contribution in [-0.2, 0) is 9.53 Å². The Balaban J connectivity index is 1.61. The first-order valence-electron chi connectivity index (χ1n) is 14.2. The van der Waals surface area contributed by atoms with Crippen molar-refractivity contribution in [2.45, 2.75) is 129 Å². The van der Waals surface area contributed by atoms with Gasteiger partial charge >= 0.3 is 5.97 Å². The number of esters is 1. The van der Waals surface area contributed by atoms with Crippen LogP contribution in [0.15, 0.2) is 5.16 Å². The summed E-state index contributed by atoms with van der Waals surface area (Å²) in [5.74, 6) is 1.85. The molecule has 4 saturated carbocycles. The van der Waals surface area contributed by atoms with Gasteiger partial charge in [0.05, 0.1) is 11.3 Å². The zero-order chi connectivity index (χ0) is 25.8. The maximum atomic E-state index is 12.4. The van der Waals surface area contributed by atoms with Crippen molar-refractivity contribution in [2.24, 2.45) is 45.6 Å². The van der Waals surface area contributed by atoms with Crippen LogP contribution in [0.3, 0.4) is 0 Å². The molecule has 35 heavy (non-hydrogen) atoms. The first-order valence-corrected chi connectivity index (χ1v) is 14.2. The minimum atomic E-state index is -1.40. The highest BCUT2D eigenvalue weighted by molar-refractivity contribution is 5.93. The van der Waals surface area contributed by atoms with Crippen molar-refractivity contribution in [3.63, 3.8) is 0 Å². The molecule has 0 aromatic heterocycles. The summed E-state index contributed by atoms with van der Waals surface area (Å²) in [5, 5.41) is 38.6. The number of aliphatic hydroxyl groups is 2. The van der Waals surface area contributed by atoms with Gasteiger partial charge in [-0.05, 0) is 86.4 Å². The van der Waals surface area contributed by atoms with Gasteiger partial charge in [0.25, 0.3) is 0 Å². The SMILES string of the molecule is CC(=O)O[C@H]1CC[C@]2(O)[C@@](C)(C1)/C(=N/O)C[C@H]1[C@@H]3CC[C@H]([C@H](C)CCCC(C)C)[C@@]3(C)CC[C@@]12O. The normalized spacial score (nSPS) is 47.2. The first kappa shape index (κ1) is 26.9. The summed E-state index contributed by atoms with van der Waals surface area (Å²) >= 11 is 0. The second kappa shape index (κ2) is 9.31. The van der Waals surface area contributed by atoms with Crippen LogP contribution in [-0.4, -0.2) is 44.4 Å². The Labute approximate surface area is 211 Å². The molecule has 6 heteroatoms. The van der Waals surface area contributed by atoms with Crippen LogP contribution in [0.25, 0.3) is 0 Å². The highest BCUT2D eigenvalue weighted by Gasteiger charge is 2.73. The summed E-state index contributed by atoms with van der Waals surface area (Å²) in [6.45, 7) is 12.7. The predicted molar refractivity (Wildman–Crippen MR) is 136 cm³/mol. The van der Waals surface area contributed by atoms with E-state index in [4.69, 9.17) is 4.74 Å². The Kier molecular flexibility index (Phi) is 7.16. The van der Waals surface area contributed by atoms with E-state index in [2.05, 4.69) is 32.9 Å². The lowest BCUT2D eigenvalue weighted by molar-refractivity contribution is -0.280. The van der Waals surface area contributed by atoms with Gasteiger partial charge in [-0.2, -0.15) is 0 Å². The number of rotatable bonds is 6. The smallest absolute Gasteiger partial charge is 0.302 e. The summed E-state index contributed by atoms with van der Waals surface area (Å²) in [6.07, 6.45) is 8.89. The van der Waals surface area contributed by atoms with Gasteiger partial charge in [-0.1, -0.05) is 59.0 Å². The standard InChI is InChI=1S/C29H49NO5/c1-18(2)8-7-9-19(3)22-10-11-23-24-16-25(30-34)27(6)17-21(35-20(4)31)12-13-29(27,33)28(24,32)15-14-26(22,23)5/h18-19,21-24,32-34H,7-17H2,1-6H3/b30-25+/t19-,21+,22-,23+,24+,26-,27+,28-,29+/m1/s1. The number of hydrogen-bond acceptors (Lipinski definition) is 6. The molecule has 9 atom stereocenters. The van der Waals surface area contributed by atoms with E-state index in [1.54, 1.807) is 0 Å². The summed E-state index contributed by atoms with van der Waals surface area (Å²) in [4.78, 5) is 11.6. The Morgan fingerprint density at radius 3 is 2.40 bits per heavy atom. The van der Waals surface area contributed by atoms with Crippen LogP contribution in [0.2, 0.25) is 0 Å². The molecule has 0 unspecified atom stereocenters. The Bertz CT molecular complexity index is 843. The molecule has 0 bridgehead atoms. The van der Waals surface area contributed by atoms with E-state index in [-0.39, 0.29) is 23.4 Å². The fourth-order valence-corrected chi connectivity index (χ4v) is 9.45. The van der Waals surface area contributed by atoms with Gasteiger partial charge in [0.1, 0.15) is 11.7 Å². The van der Waals surface area contributed by atoms with Crippen molar-refractivity contribution in [2.75, 3.05) is 0 Å². The molecule has 0 aromatic rings. The second-order valence-electron chi connectivity index (χ2n) is 13.5. The molecular formula is C29H49NO5. The van der Waals surface area contributed by atoms with Gasteiger partial charge in [0, 0.05) is 12.3 Å². The zero-order valence-electron chi connectivity index (χ0n) is 22.8. The van der Waals surface area contributed by atoms with Gasteiger partial charge < -0.3 is 20.2 Å². The van der Waals surface area contributed by atoms with Crippen molar-refractivity contribution in [1.82, 2.24) is 0 Å². The summed E-state index contributed by atoms with van der Waals surface area (Å²) in [7, 11) is 0. The first-order chi connectivity index (χ1) is 16.3. The Morgan fingerprint density at radius 1 is 1.06 bits per heavy atom. The molecule has 4 rings (SSSR count). The fraction of sp³-hybridized carbons (Fsp3) is 0.931. The number of hydrogen-bond donors (Lipinski definition) is 3. The molecule has 6 nitrogen and oxygen atoms in total. The highest BCUT2D eigenvalue weighted by Crippen LogP contribution is 2.69. The van der Waals surface area contributed by atoms with Crippen LogP contribution in [0.1, 0.15) is 112 Å². The molecule has 4 aliphatic rings. The van der Waals surface area contributed by atoms with E-state index < -0.39 is 16.6 Å². The largest absolute Gasteiger partial charge is 0.463 e. The Morgan fingerprint density at radius 2 is 1.77 bits per heavy atom. The van der Waals surface area contributed by atoms with Gasteiger partial charge in [-0.3, -0.25) is 4.79 Å². The lowest BCUT2D eigenvalue weighted by Gasteiger charge is -2.67. The summed E-state index contributed by atoms with van der Waals surface area (Å²) < 4.78 is 5.52. The molecule has 4 fully saturated rings. The van der Waals surface area contributed by atoms with Gasteiger partial charge in [0.15, 0.2) is 0 Å². The quantitative estimate of drug-likeness (QED) is 0.251. The molecule has 0 saturated heterocycles. The van der Waals surface area contributed by atoms with Gasteiger partial charge in [0.2, 0.25) is 0 Å². The fourth-order valence-electron chi connectivity index (χ4n) is 9.45. The van der Waals surface area contributed by atoms with Crippen LogP contribution in [0.4, 0.5) is 0 Å². The lowest BCUT2D eigenvalue weighted by Crippen LogP contribution is -2.76. The molecule has 3 N–H and O–H groups in total. The number of nitrogens with zero attached hydrogens (tertiary/aromatic N) is 1. The molecule has 200 valence electrons. The zero-order valence-corrected chi connectivity index (χ0v) is 22.8. The lowest BCUT2D eigenvalue weighted by atomic mass is 9.41. The van der Waals surface area contributed by atoms with E-state index in [1.807, 2.05) is 6.92 Å². The van der Waals surface area contributed by atoms with E-state index in [0.29, 0.717) is 55.6 Å². The van der Waals surface area contributed by atoms with Crippen molar-refractivity contribution in [1.29, 1.82) is 0 Å². The maximum Gasteiger partial charge on any atom is 0.302 e. The second-order valence-corrected chi connectivity index (χ2v) is 13.5. The number of oxime groups is 1. The third-order valence-corrected chi connectivity index (χ3v) is 11.4. The van der Waals surface area contributed by atoms with Crippen LogP contribution >= 0.6 is 0 Å². The topological polar surface area (TPSA) is 99.4 Å². The van der Waals surface area contributed by atoms with Crippen molar-refractivity contribution < 1.29 is 25.0 Å². The van der Waals surface area contributed by atoms with Crippen molar-refractivity contribution in [3.05, 3.63) is 0 Å². The molecule has 0 aromatic carbocycles. The van der Waals surface area contributed by atoms with Crippen LogP contribution in [0.5, 0.6) is 0 Å². The summed E-state index contributed by atoms with van der Waals surface area (Å²) in [5.41, 5.74) is -2.86. The minimum absolute atomic E-state index is 0.122. The highest BCUT2D eigenvalue weighted by atomic mass is 16.5. The number of fused-ring (bicyclic) bond motifs is 5. The molecule has 0 heterocycles. The average molecular weight is 492 g/mol. The van der Waals surface area contributed by atoms with Gasteiger partial charge in [-0.15, -0.1) is 0 Å². The number of carbonyl (C=O) groups is 1. The predicted octanol–water partition coefficient (Wildman–Crippen LogP) is 5.71. The van der Waals surface area contributed by atoms with E-state index in [1.165, 1.54) is 32.6 Å². The average Bonchev–Trinajstić information content (AvgIpc) is 3.12. The van der Waals surface area contributed by atoms with E-state index in [9.17, 15) is 20.2 Å². The molecule has 0 aliphatic heterocycles. The maximum absolute atomic E-state index is 12.4. The molecular weight excluding hydrogens is 442 g/mol. The molecule has 4 aliphatic carbocycles. The number of carbonyl (C=O) groups excluding carboxylic acids is 1. The Hall–Kier alpha value is -1.14. The van der Waals surface area contributed by atoms with E-state index in [0.717, 1.165) is 18.8 Å². The van der Waals surface area contributed by atoms with Crippen molar-refractivity contribution >= 4 is 11.7 Å². The molecule has 0 spiro atoms. The number of ether oxygens (including phenoxy) is 1.